The smallest absolute Gasteiger partial charge is 0.260 e. The molecule has 0 aliphatic carbocycles. The van der Waals surface area contributed by atoms with Crippen LogP contribution in [0, 0.1) is 12.7 Å². The maximum atomic E-state index is 13.8. The van der Waals surface area contributed by atoms with Crippen LogP contribution in [0.15, 0.2) is 42.5 Å². The molecule has 3 rings (SSSR count). The van der Waals surface area contributed by atoms with Crippen molar-refractivity contribution < 1.29 is 18.7 Å². The summed E-state index contributed by atoms with van der Waals surface area (Å²) in [5.41, 5.74) is 2.39. The Hall–Kier alpha value is -2.89. The maximum Gasteiger partial charge on any atom is 0.260 e. The van der Waals surface area contributed by atoms with Gasteiger partial charge in [-0.25, -0.2) is 4.39 Å². The Morgan fingerprint density at radius 2 is 1.81 bits per heavy atom. The van der Waals surface area contributed by atoms with Gasteiger partial charge in [-0.15, -0.1) is 0 Å². The van der Waals surface area contributed by atoms with E-state index in [1.807, 2.05) is 6.07 Å². The Morgan fingerprint density at radius 1 is 1.07 bits per heavy atom. The highest BCUT2D eigenvalue weighted by atomic mass is 19.1. The molecule has 6 heteroatoms. The Kier molecular flexibility index (Phi) is 5.74. The van der Waals surface area contributed by atoms with Crippen molar-refractivity contribution in [3.63, 3.8) is 0 Å². The average molecular weight is 370 g/mol. The summed E-state index contributed by atoms with van der Waals surface area (Å²) < 4.78 is 19.2. The third kappa shape index (κ3) is 4.64. The minimum Gasteiger partial charge on any atom is -0.484 e. The van der Waals surface area contributed by atoms with Crippen LogP contribution >= 0.6 is 0 Å². The summed E-state index contributed by atoms with van der Waals surface area (Å²) in [6.45, 7) is 5.98. The number of ether oxygens (including phenoxy) is 1. The van der Waals surface area contributed by atoms with Crippen LogP contribution in [-0.2, 0) is 4.79 Å². The highest BCUT2D eigenvalue weighted by Crippen LogP contribution is 2.19. The van der Waals surface area contributed by atoms with Gasteiger partial charge in [0.1, 0.15) is 11.6 Å². The third-order valence-electron chi connectivity index (χ3n) is 4.68. The van der Waals surface area contributed by atoms with Crippen molar-refractivity contribution in [1.82, 2.24) is 4.90 Å². The number of ketones is 1. The standard InChI is InChI=1S/C21H23FN2O3/c1-15-4-3-5-17(12-15)23-8-10-24(11-9-23)21(26)14-27-18-6-7-19(16(2)25)20(22)13-18/h3-7,12-13H,8-11,14H2,1-2H3. The van der Waals surface area contributed by atoms with E-state index in [0.717, 1.165) is 19.2 Å². The number of Topliss-reactive ketones (excluding diaryl/α,β-unsaturated/α-hetero) is 1. The van der Waals surface area contributed by atoms with E-state index in [2.05, 4.69) is 30.0 Å². The van der Waals surface area contributed by atoms with E-state index in [1.165, 1.54) is 30.3 Å². The Bertz CT molecular complexity index is 845. The van der Waals surface area contributed by atoms with Gasteiger partial charge in [-0.3, -0.25) is 9.59 Å². The lowest BCUT2D eigenvalue weighted by atomic mass is 10.1. The lowest BCUT2D eigenvalue weighted by Crippen LogP contribution is -2.50. The molecular formula is C21H23FN2O3. The van der Waals surface area contributed by atoms with Crippen molar-refractivity contribution in [3.8, 4) is 5.75 Å². The van der Waals surface area contributed by atoms with Gasteiger partial charge >= 0.3 is 0 Å². The van der Waals surface area contributed by atoms with E-state index in [0.29, 0.717) is 13.1 Å². The van der Waals surface area contributed by atoms with Crippen LogP contribution in [0.25, 0.3) is 0 Å². The molecule has 0 saturated carbocycles. The number of hydrogen-bond acceptors (Lipinski definition) is 4. The second kappa shape index (κ2) is 8.20. The van der Waals surface area contributed by atoms with Gasteiger partial charge in [0.05, 0.1) is 5.56 Å². The number of benzene rings is 2. The number of aryl methyl sites for hydroxylation is 1. The summed E-state index contributed by atoms with van der Waals surface area (Å²) in [5.74, 6) is -0.875. The molecule has 0 atom stereocenters. The van der Waals surface area contributed by atoms with Crippen LogP contribution in [0.5, 0.6) is 5.75 Å². The minimum atomic E-state index is -0.640. The monoisotopic (exact) mass is 370 g/mol. The quantitative estimate of drug-likeness (QED) is 0.759. The summed E-state index contributed by atoms with van der Waals surface area (Å²) in [7, 11) is 0. The van der Waals surface area contributed by atoms with Gasteiger partial charge in [0.25, 0.3) is 5.91 Å². The predicted molar refractivity (Wildman–Crippen MR) is 102 cm³/mol. The number of carbonyl (C=O) groups excluding carboxylic acids is 2. The molecule has 1 aliphatic heterocycles. The third-order valence-corrected chi connectivity index (χ3v) is 4.68. The normalized spacial score (nSPS) is 14.2. The van der Waals surface area contributed by atoms with Crippen LogP contribution in [0.2, 0.25) is 0 Å². The number of anilines is 1. The van der Waals surface area contributed by atoms with Crippen molar-refractivity contribution >= 4 is 17.4 Å². The molecule has 0 spiro atoms. The molecule has 1 amide bonds. The second-order valence-corrected chi connectivity index (χ2v) is 6.69. The molecule has 5 nitrogen and oxygen atoms in total. The number of piperazine rings is 1. The zero-order valence-electron chi connectivity index (χ0n) is 15.6. The summed E-state index contributed by atoms with van der Waals surface area (Å²) in [6.07, 6.45) is 0. The number of nitrogens with zero attached hydrogens (tertiary/aromatic N) is 2. The summed E-state index contributed by atoms with van der Waals surface area (Å²) in [4.78, 5) is 27.6. The van der Waals surface area contributed by atoms with Crippen LogP contribution < -0.4 is 9.64 Å². The second-order valence-electron chi connectivity index (χ2n) is 6.69. The fourth-order valence-corrected chi connectivity index (χ4v) is 3.15. The van der Waals surface area contributed by atoms with E-state index in [-0.39, 0.29) is 29.6 Å². The first-order valence-corrected chi connectivity index (χ1v) is 8.97. The SMILES string of the molecule is CC(=O)c1ccc(OCC(=O)N2CCN(c3cccc(C)c3)CC2)cc1F. The molecule has 1 heterocycles. The number of hydrogen-bond donors (Lipinski definition) is 0. The maximum absolute atomic E-state index is 13.8. The van der Waals surface area contributed by atoms with Crippen LogP contribution in [0.3, 0.4) is 0 Å². The Morgan fingerprint density at radius 3 is 2.44 bits per heavy atom. The summed E-state index contributed by atoms with van der Waals surface area (Å²) in [6, 6.07) is 12.3. The van der Waals surface area contributed by atoms with Gasteiger partial charge in [-0.05, 0) is 43.7 Å². The van der Waals surface area contributed by atoms with Gasteiger partial charge in [-0.1, -0.05) is 12.1 Å². The highest BCUT2D eigenvalue weighted by Gasteiger charge is 2.21. The lowest BCUT2D eigenvalue weighted by molar-refractivity contribution is -0.133. The molecule has 2 aromatic carbocycles. The van der Waals surface area contributed by atoms with Crippen molar-refractivity contribution in [1.29, 1.82) is 0 Å². The summed E-state index contributed by atoms with van der Waals surface area (Å²) >= 11 is 0. The lowest BCUT2D eigenvalue weighted by Gasteiger charge is -2.36. The fraction of sp³-hybridized carbons (Fsp3) is 0.333. The van der Waals surface area contributed by atoms with E-state index in [1.54, 1.807) is 4.90 Å². The molecule has 1 fully saturated rings. The van der Waals surface area contributed by atoms with Crippen LogP contribution in [0.1, 0.15) is 22.8 Å². The summed E-state index contributed by atoms with van der Waals surface area (Å²) in [5, 5.41) is 0. The molecule has 1 aliphatic rings. The zero-order chi connectivity index (χ0) is 19.4. The van der Waals surface area contributed by atoms with Gasteiger partial charge in [-0.2, -0.15) is 0 Å². The first-order valence-electron chi connectivity index (χ1n) is 8.97. The van der Waals surface area contributed by atoms with E-state index in [9.17, 15) is 14.0 Å². The first-order chi connectivity index (χ1) is 12.9. The van der Waals surface area contributed by atoms with Gasteiger partial charge in [0.15, 0.2) is 12.4 Å². The van der Waals surface area contributed by atoms with Crippen LogP contribution in [-0.4, -0.2) is 49.4 Å². The van der Waals surface area contributed by atoms with Crippen molar-refractivity contribution in [2.45, 2.75) is 13.8 Å². The topological polar surface area (TPSA) is 49.9 Å². The number of carbonyl (C=O) groups is 2. The zero-order valence-corrected chi connectivity index (χ0v) is 15.6. The molecule has 0 bridgehead atoms. The molecule has 27 heavy (non-hydrogen) atoms. The van der Waals surface area contributed by atoms with E-state index in [4.69, 9.17) is 4.74 Å². The molecular weight excluding hydrogens is 347 g/mol. The van der Waals surface area contributed by atoms with Gasteiger partial charge in [0, 0.05) is 37.9 Å². The van der Waals surface area contributed by atoms with E-state index >= 15 is 0 Å². The Balaban J connectivity index is 1.51. The van der Waals surface area contributed by atoms with Crippen molar-refractivity contribution in [3.05, 3.63) is 59.4 Å². The molecule has 142 valence electrons. The molecule has 0 N–H and O–H groups in total. The number of halogens is 1. The molecule has 1 saturated heterocycles. The molecule has 2 aromatic rings. The van der Waals surface area contributed by atoms with Gasteiger partial charge < -0.3 is 14.5 Å². The first kappa shape index (κ1) is 18.9. The molecule has 0 unspecified atom stereocenters. The minimum absolute atomic E-state index is 0.0148. The van der Waals surface area contributed by atoms with Gasteiger partial charge in [0.2, 0.25) is 0 Å². The fourth-order valence-electron chi connectivity index (χ4n) is 3.15. The van der Waals surface area contributed by atoms with E-state index < -0.39 is 5.82 Å². The van der Waals surface area contributed by atoms with Crippen LogP contribution in [0.4, 0.5) is 10.1 Å². The number of rotatable bonds is 5. The number of amides is 1. The Labute approximate surface area is 158 Å². The van der Waals surface area contributed by atoms with Crippen molar-refractivity contribution in [2.24, 2.45) is 0 Å². The van der Waals surface area contributed by atoms with Crippen molar-refractivity contribution in [2.75, 3.05) is 37.7 Å². The molecule has 0 radical (unpaired) electrons. The predicted octanol–water partition coefficient (Wildman–Crippen LogP) is 3.06. The molecule has 0 aromatic heterocycles. The average Bonchev–Trinajstić information content (AvgIpc) is 2.66. The largest absolute Gasteiger partial charge is 0.484 e. The highest BCUT2D eigenvalue weighted by molar-refractivity contribution is 5.94.